The molecule has 4 atom stereocenters. The van der Waals surface area contributed by atoms with E-state index < -0.39 is 11.9 Å². The van der Waals surface area contributed by atoms with Crippen LogP contribution in [0.25, 0.3) is 0 Å². The zero-order valence-electron chi connectivity index (χ0n) is 21.6. The van der Waals surface area contributed by atoms with Crippen molar-refractivity contribution in [1.29, 1.82) is 0 Å². The first-order valence-electron chi connectivity index (χ1n) is 13.4. The van der Waals surface area contributed by atoms with Gasteiger partial charge in [-0.25, -0.2) is 4.79 Å². The number of hydrogen-bond acceptors (Lipinski definition) is 6. The Morgan fingerprint density at radius 2 is 1.54 bits per heavy atom. The zero-order chi connectivity index (χ0) is 27.1. The predicted octanol–water partition coefficient (Wildman–Crippen LogP) is 5.72. The van der Waals surface area contributed by atoms with E-state index in [0.717, 1.165) is 24.8 Å². The van der Waals surface area contributed by atoms with Crippen LogP contribution in [-0.2, 0) is 20.9 Å². The van der Waals surface area contributed by atoms with Crippen molar-refractivity contribution < 1.29 is 28.7 Å². The molecule has 0 radical (unpaired) electrons. The molecule has 3 aliphatic rings. The van der Waals surface area contributed by atoms with Crippen LogP contribution in [-0.4, -0.2) is 29.6 Å². The summed E-state index contributed by atoms with van der Waals surface area (Å²) in [7, 11) is 0. The van der Waals surface area contributed by atoms with E-state index in [-0.39, 0.29) is 36.2 Å². The molecule has 0 spiro atoms. The molecule has 39 heavy (non-hydrogen) atoms. The number of carbonyl (C=O) groups is 4. The van der Waals surface area contributed by atoms with Crippen LogP contribution in [0.5, 0.6) is 0 Å². The molecular weight excluding hydrogens is 492 g/mol. The molecule has 0 saturated heterocycles. The van der Waals surface area contributed by atoms with Crippen molar-refractivity contribution in [2.24, 2.45) is 17.8 Å². The summed E-state index contributed by atoms with van der Waals surface area (Å²) in [4.78, 5) is 51.5. The van der Waals surface area contributed by atoms with E-state index in [2.05, 4.69) is 0 Å². The number of fused-ring (bicyclic) bond motifs is 4. The van der Waals surface area contributed by atoms with Gasteiger partial charge in [0.2, 0.25) is 0 Å². The summed E-state index contributed by atoms with van der Waals surface area (Å²) in [6.07, 6.45) is 4.59. The number of benzene rings is 3. The maximum Gasteiger partial charge on any atom is 0.338 e. The normalized spacial score (nSPS) is 22.8. The second-order valence-corrected chi connectivity index (χ2v) is 10.6. The van der Waals surface area contributed by atoms with Crippen LogP contribution >= 0.6 is 0 Å². The molecule has 6 nitrogen and oxygen atoms in total. The highest BCUT2D eigenvalue weighted by Gasteiger charge is 2.46. The largest absolute Gasteiger partial charge is 0.460 e. The Bertz CT molecular complexity index is 1520. The molecule has 0 aliphatic heterocycles. The van der Waals surface area contributed by atoms with Crippen molar-refractivity contribution in [3.8, 4) is 0 Å². The Morgan fingerprint density at radius 3 is 2.28 bits per heavy atom. The van der Waals surface area contributed by atoms with E-state index in [1.807, 2.05) is 12.1 Å². The molecule has 3 aliphatic carbocycles. The van der Waals surface area contributed by atoms with E-state index in [1.54, 1.807) is 73.7 Å². The van der Waals surface area contributed by atoms with Crippen LogP contribution in [0.15, 0.2) is 84.4 Å². The molecule has 2 saturated carbocycles. The first kappa shape index (κ1) is 25.0. The summed E-state index contributed by atoms with van der Waals surface area (Å²) in [6.45, 7) is 1.77. The van der Waals surface area contributed by atoms with Gasteiger partial charge in [-0.3, -0.25) is 14.4 Å². The average molecular weight is 521 g/mol. The highest BCUT2D eigenvalue weighted by atomic mass is 16.5. The first-order valence-corrected chi connectivity index (χ1v) is 13.4. The lowest BCUT2D eigenvalue weighted by Gasteiger charge is -2.26. The third-order valence-electron chi connectivity index (χ3n) is 8.13. The second kappa shape index (κ2) is 10.1. The molecule has 0 heterocycles. The first-order chi connectivity index (χ1) is 18.9. The van der Waals surface area contributed by atoms with Crippen LogP contribution in [0.3, 0.4) is 0 Å². The summed E-state index contributed by atoms with van der Waals surface area (Å²) in [5.74, 6) is -1.08. The molecule has 2 bridgehead atoms. The van der Waals surface area contributed by atoms with Gasteiger partial charge in [0.15, 0.2) is 11.6 Å². The highest BCUT2D eigenvalue weighted by molar-refractivity contribution is 6.28. The molecule has 4 unspecified atom stereocenters. The van der Waals surface area contributed by atoms with Gasteiger partial charge in [-0.05, 0) is 67.5 Å². The number of rotatable bonds is 6. The van der Waals surface area contributed by atoms with Crippen LogP contribution in [0, 0.1) is 17.8 Å². The van der Waals surface area contributed by atoms with Crippen molar-refractivity contribution in [2.75, 3.05) is 0 Å². The fourth-order valence-corrected chi connectivity index (χ4v) is 6.13. The summed E-state index contributed by atoms with van der Waals surface area (Å²) in [6, 6.07) is 20.7. The van der Waals surface area contributed by atoms with E-state index in [1.165, 1.54) is 0 Å². The Morgan fingerprint density at radius 1 is 0.872 bits per heavy atom. The van der Waals surface area contributed by atoms with Gasteiger partial charge >= 0.3 is 11.9 Å². The monoisotopic (exact) mass is 520 g/mol. The Hall–Kier alpha value is -4.32. The molecule has 3 aromatic carbocycles. The van der Waals surface area contributed by atoms with Gasteiger partial charge in [-0.15, -0.1) is 0 Å². The molecule has 6 rings (SSSR count). The van der Waals surface area contributed by atoms with Crippen molar-refractivity contribution >= 4 is 23.5 Å². The van der Waals surface area contributed by atoms with Crippen LogP contribution < -0.4 is 0 Å². The summed E-state index contributed by atoms with van der Waals surface area (Å²) in [5.41, 5.74) is 3.64. The molecule has 6 heteroatoms. The van der Waals surface area contributed by atoms with Gasteiger partial charge in [-0.2, -0.15) is 0 Å². The van der Waals surface area contributed by atoms with Crippen molar-refractivity contribution in [3.05, 3.63) is 118 Å². The minimum atomic E-state index is -0.523. The van der Waals surface area contributed by atoms with Gasteiger partial charge < -0.3 is 9.47 Å². The number of ether oxygens (including phenoxy) is 2. The van der Waals surface area contributed by atoms with E-state index in [0.29, 0.717) is 39.3 Å². The van der Waals surface area contributed by atoms with Crippen molar-refractivity contribution in [2.45, 2.75) is 38.9 Å². The van der Waals surface area contributed by atoms with E-state index in [4.69, 9.17) is 9.47 Å². The molecular formula is C33H28O6. The zero-order valence-corrected chi connectivity index (χ0v) is 21.6. The van der Waals surface area contributed by atoms with Gasteiger partial charge in [0, 0.05) is 28.2 Å². The number of carbonyl (C=O) groups excluding carboxylic acids is 4. The van der Waals surface area contributed by atoms with E-state index >= 15 is 0 Å². The number of esters is 2. The number of hydrogen-bond donors (Lipinski definition) is 0. The van der Waals surface area contributed by atoms with Crippen LogP contribution in [0.1, 0.15) is 74.0 Å². The lowest BCUT2D eigenvalue weighted by molar-refractivity contribution is -0.147. The fraction of sp³-hybridized carbons (Fsp3) is 0.273. The minimum Gasteiger partial charge on any atom is -0.460 e. The van der Waals surface area contributed by atoms with Crippen LogP contribution in [0.4, 0.5) is 0 Å². The van der Waals surface area contributed by atoms with Crippen molar-refractivity contribution in [3.63, 3.8) is 0 Å². The molecule has 3 aromatic rings. The Labute approximate surface area is 226 Å². The predicted molar refractivity (Wildman–Crippen MR) is 143 cm³/mol. The molecule has 0 aromatic heterocycles. The highest BCUT2D eigenvalue weighted by Crippen LogP contribution is 2.50. The lowest BCUT2D eigenvalue weighted by atomic mass is 9.83. The summed E-state index contributed by atoms with van der Waals surface area (Å²) >= 11 is 0. The Balaban J connectivity index is 1.13. The van der Waals surface area contributed by atoms with Crippen LogP contribution in [0.2, 0.25) is 0 Å². The fourth-order valence-electron chi connectivity index (χ4n) is 6.13. The molecule has 196 valence electrons. The van der Waals surface area contributed by atoms with Gasteiger partial charge in [0.1, 0.15) is 12.7 Å². The molecule has 0 N–H and O–H groups in total. The van der Waals surface area contributed by atoms with Crippen molar-refractivity contribution in [1.82, 2.24) is 0 Å². The summed E-state index contributed by atoms with van der Waals surface area (Å²) in [5, 5.41) is 0. The average Bonchev–Trinajstić information content (AvgIpc) is 3.57. The lowest BCUT2D eigenvalue weighted by Crippen LogP contribution is -2.27. The molecule has 0 amide bonds. The van der Waals surface area contributed by atoms with Gasteiger partial charge in [-0.1, -0.05) is 54.6 Å². The minimum absolute atomic E-state index is 0.0127. The number of ketones is 2. The summed E-state index contributed by atoms with van der Waals surface area (Å²) < 4.78 is 11.5. The molecule has 2 fully saturated rings. The van der Waals surface area contributed by atoms with Gasteiger partial charge in [0.05, 0.1) is 11.5 Å². The smallest absolute Gasteiger partial charge is 0.338 e. The topological polar surface area (TPSA) is 86.7 Å². The second-order valence-electron chi connectivity index (χ2n) is 10.6. The third-order valence-corrected chi connectivity index (χ3v) is 8.13. The SMILES string of the molecule is CC(/C=C1/C2CCC(C2)C1OC(=O)c1ccccc1)C(=O)OCc1ccc2c(c1)C(=O)c1ccccc1C2=O. The quantitative estimate of drug-likeness (QED) is 0.239. The Kier molecular flexibility index (Phi) is 6.47. The van der Waals surface area contributed by atoms with Gasteiger partial charge in [0.25, 0.3) is 0 Å². The third kappa shape index (κ3) is 4.60. The van der Waals surface area contributed by atoms with E-state index in [9.17, 15) is 19.2 Å². The maximum absolute atomic E-state index is 13.0. The standard InChI is InChI=1S/C33H28O6/c1-19(15-27-22-12-13-23(17-22)31(27)39-33(37)21-7-3-2-4-8-21)32(36)38-18-20-11-14-26-28(16-20)30(35)25-10-6-5-9-24(25)29(26)34/h2-11,14-16,19,22-23,31H,12-13,17-18H2,1H3/b27-15-. The maximum atomic E-state index is 13.0.